The highest BCUT2D eigenvalue weighted by atomic mass is 16.5. The van der Waals surface area contributed by atoms with Crippen molar-refractivity contribution in [2.75, 3.05) is 13.2 Å². The van der Waals surface area contributed by atoms with Crippen LogP contribution in [0.5, 0.6) is 0 Å². The van der Waals surface area contributed by atoms with Gasteiger partial charge in [0, 0.05) is 41.2 Å². The molecule has 3 aromatic carbocycles. The van der Waals surface area contributed by atoms with Crippen LogP contribution < -0.4 is 11.1 Å². The fourth-order valence-corrected chi connectivity index (χ4v) is 3.85. The molecular formula is C28H25N3O4. The van der Waals surface area contributed by atoms with Crippen molar-refractivity contribution in [2.24, 2.45) is 5.73 Å². The highest BCUT2D eigenvalue weighted by Gasteiger charge is 2.19. The summed E-state index contributed by atoms with van der Waals surface area (Å²) in [6.45, 7) is -0.0382. The number of primary amides is 1. The number of amides is 2. The van der Waals surface area contributed by atoms with E-state index in [4.69, 9.17) is 10.5 Å². The smallest absolute Gasteiger partial charge is 0.331 e. The Hall–Kier alpha value is -4.65. The lowest BCUT2D eigenvalue weighted by atomic mass is 9.91. The van der Waals surface area contributed by atoms with Gasteiger partial charge in [-0.1, -0.05) is 60.7 Å². The topological polar surface area (TPSA) is 114 Å². The first-order valence-corrected chi connectivity index (χ1v) is 11.1. The Bertz CT molecular complexity index is 1360. The van der Waals surface area contributed by atoms with Crippen LogP contribution in [0.3, 0.4) is 0 Å². The van der Waals surface area contributed by atoms with Crippen LogP contribution in [0.4, 0.5) is 0 Å². The summed E-state index contributed by atoms with van der Waals surface area (Å²) >= 11 is 0. The van der Waals surface area contributed by atoms with Crippen molar-refractivity contribution in [2.45, 2.75) is 5.92 Å². The third kappa shape index (κ3) is 6.03. The summed E-state index contributed by atoms with van der Waals surface area (Å²) in [5.74, 6) is -1.63. The van der Waals surface area contributed by atoms with Gasteiger partial charge in [-0.3, -0.25) is 9.59 Å². The van der Waals surface area contributed by atoms with Gasteiger partial charge in [-0.15, -0.1) is 0 Å². The summed E-state index contributed by atoms with van der Waals surface area (Å²) in [7, 11) is 0. The maximum absolute atomic E-state index is 12.4. The number of hydrogen-bond acceptors (Lipinski definition) is 4. The summed E-state index contributed by atoms with van der Waals surface area (Å²) in [5, 5.41) is 3.98. The molecule has 4 aromatic rings. The third-order valence-corrected chi connectivity index (χ3v) is 5.65. The second-order valence-corrected chi connectivity index (χ2v) is 7.98. The fourth-order valence-electron chi connectivity index (χ4n) is 3.85. The van der Waals surface area contributed by atoms with Gasteiger partial charge in [0.15, 0.2) is 6.61 Å². The number of rotatable bonds is 9. The summed E-state index contributed by atoms with van der Waals surface area (Å²) in [4.78, 5) is 38.9. The maximum Gasteiger partial charge on any atom is 0.331 e. The second-order valence-electron chi connectivity index (χ2n) is 7.98. The number of para-hydroxylation sites is 1. The number of esters is 1. The van der Waals surface area contributed by atoms with Crippen LogP contribution in [0.2, 0.25) is 0 Å². The van der Waals surface area contributed by atoms with Crippen LogP contribution in [-0.4, -0.2) is 35.9 Å². The van der Waals surface area contributed by atoms with E-state index in [1.54, 1.807) is 24.3 Å². The van der Waals surface area contributed by atoms with E-state index in [9.17, 15) is 14.4 Å². The van der Waals surface area contributed by atoms with Crippen molar-refractivity contribution < 1.29 is 19.1 Å². The van der Waals surface area contributed by atoms with Gasteiger partial charge in [-0.05, 0) is 41.0 Å². The number of hydrogen-bond donors (Lipinski definition) is 3. The van der Waals surface area contributed by atoms with E-state index >= 15 is 0 Å². The first-order valence-electron chi connectivity index (χ1n) is 11.1. The van der Waals surface area contributed by atoms with E-state index in [1.165, 1.54) is 12.2 Å². The van der Waals surface area contributed by atoms with E-state index in [0.29, 0.717) is 17.7 Å². The molecule has 4 rings (SSSR count). The van der Waals surface area contributed by atoms with E-state index < -0.39 is 17.8 Å². The summed E-state index contributed by atoms with van der Waals surface area (Å²) in [6, 6.07) is 24.4. The Morgan fingerprint density at radius 3 is 2.40 bits per heavy atom. The van der Waals surface area contributed by atoms with Gasteiger partial charge in [0.25, 0.3) is 5.91 Å². The lowest BCUT2D eigenvalue weighted by Gasteiger charge is -2.18. The van der Waals surface area contributed by atoms with Crippen molar-refractivity contribution in [1.82, 2.24) is 10.3 Å². The summed E-state index contributed by atoms with van der Waals surface area (Å²) in [5.41, 5.74) is 9.46. The minimum atomic E-state index is -0.643. The average Bonchev–Trinajstić information content (AvgIpc) is 3.31. The minimum absolute atomic E-state index is 0.0738. The molecule has 1 atom stereocenters. The summed E-state index contributed by atoms with van der Waals surface area (Å²) < 4.78 is 5.07. The zero-order valence-corrected chi connectivity index (χ0v) is 18.9. The number of carbonyl (C=O) groups is 3. The first kappa shape index (κ1) is 23.5. The Kier molecular flexibility index (Phi) is 7.37. The number of nitrogens with two attached hydrogens (primary N) is 1. The molecule has 0 spiro atoms. The fraction of sp³-hybridized carbons (Fsp3) is 0.107. The van der Waals surface area contributed by atoms with Crippen LogP contribution in [0.1, 0.15) is 33.0 Å². The Balaban J connectivity index is 1.35. The number of aromatic nitrogens is 1. The second kappa shape index (κ2) is 11.0. The largest absolute Gasteiger partial charge is 0.452 e. The van der Waals surface area contributed by atoms with E-state index in [1.807, 2.05) is 54.7 Å². The van der Waals surface area contributed by atoms with Crippen molar-refractivity contribution in [1.29, 1.82) is 0 Å². The quantitative estimate of drug-likeness (QED) is 0.257. The molecule has 7 nitrogen and oxygen atoms in total. The predicted octanol–water partition coefficient (Wildman–Crippen LogP) is 3.77. The zero-order chi connectivity index (χ0) is 24.6. The predicted molar refractivity (Wildman–Crippen MR) is 135 cm³/mol. The molecule has 1 unspecified atom stereocenters. The maximum atomic E-state index is 12.4. The number of benzene rings is 3. The molecule has 0 aliphatic carbocycles. The van der Waals surface area contributed by atoms with Crippen LogP contribution in [-0.2, 0) is 14.3 Å². The molecule has 0 fully saturated rings. The van der Waals surface area contributed by atoms with Crippen LogP contribution in [0, 0.1) is 0 Å². The lowest BCUT2D eigenvalue weighted by Crippen LogP contribution is -2.32. The van der Waals surface area contributed by atoms with Crippen molar-refractivity contribution >= 4 is 34.8 Å². The summed E-state index contributed by atoms with van der Waals surface area (Å²) in [6.07, 6.45) is 4.73. The average molecular weight is 468 g/mol. The molecule has 4 N–H and O–H groups in total. The SMILES string of the molecule is NC(=O)c1ccc(/C=C/C(=O)OCC(=O)NCC(c2ccccc2)c2c[nH]c3ccccc23)cc1. The number of carbonyl (C=O) groups excluding carboxylic acids is 3. The molecule has 1 aromatic heterocycles. The van der Waals surface area contributed by atoms with Crippen molar-refractivity contribution in [3.63, 3.8) is 0 Å². The van der Waals surface area contributed by atoms with E-state index in [-0.39, 0.29) is 12.5 Å². The highest BCUT2D eigenvalue weighted by molar-refractivity contribution is 5.93. The van der Waals surface area contributed by atoms with Gasteiger partial charge < -0.3 is 20.8 Å². The number of aromatic amines is 1. The van der Waals surface area contributed by atoms with E-state index in [2.05, 4.69) is 16.4 Å². The molecule has 35 heavy (non-hydrogen) atoms. The van der Waals surface area contributed by atoms with Crippen LogP contribution in [0.15, 0.2) is 91.1 Å². The Labute approximate surface area is 202 Å². The molecule has 0 saturated heterocycles. The minimum Gasteiger partial charge on any atom is -0.452 e. The molecule has 0 radical (unpaired) electrons. The molecule has 0 saturated carbocycles. The van der Waals surface area contributed by atoms with Gasteiger partial charge in [-0.2, -0.15) is 0 Å². The highest BCUT2D eigenvalue weighted by Crippen LogP contribution is 2.30. The van der Waals surface area contributed by atoms with Gasteiger partial charge in [-0.25, -0.2) is 4.79 Å². The number of H-pyrrole nitrogens is 1. The molecule has 0 bridgehead atoms. The van der Waals surface area contributed by atoms with Crippen LogP contribution in [0.25, 0.3) is 17.0 Å². The lowest BCUT2D eigenvalue weighted by molar-refractivity contribution is -0.143. The number of ether oxygens (including phenoxy) is 1. The molecule has 2 amide bonds. The molecular weight excluding hydrogens is 442 g/mol. The van der Waals surface area contributed by atoms with Crippen molar-refractivity contribution in [3.8, 4) is 0 Å². The number of nitrogens with one attached hydrogen (secondary N) is 2. The molecule has 0 aliphatic rings. The van der Waals surface area contributed by atoms with Gasteiger partial charge in [0.2, 0.25) is 5.91 Å². The molecule has 7 heteroatoms. The zero-order valence-electron chi connectivity index (χ0n) is 18.9. The Morgan fingerprint density at radius 1 is 0.943 bits per heavy atom. The first-order chi connectivity index (χ1) is 17.0. The van der Waals surface area contributed by atoms with Gasteiger partial charge in [0.05, 0.1) is 0 Å². The standard InChI is InChI=1S/C28H25N3O4/c29-28(34)21-13-10-19(11-14-21)12-15-27(33)35-18-26(32)31-16-23(20-6-2-1-3-7-20)24-17-30-25-9-5-4-8-22(24)25/h1-15,17,23,30H,16,18H2,(H2,29,34)(H,31,32)/b15-12+. The normalized spacial score (nSPS) is 11.9. The third-order valence-electron chi connectivity index (χ3n) is 5.65. The molecule has 176 valence electrons. The van der Waals surface area contributed by atoms with Crippen LogP contribution >= 0.6 is 0 Å². The van der Waals surface area contributed by atoms with Crippen molar-refractivity contribution in [3.05, 3.63) is 113 Å². The molecule has 1 heterocycles. The monoisotopic (exact) mass is 467 g/mol. The van der Waals surface area contributed by atoms with Gasteiger partial charge in [0.1, 0.15) is 0 Å². The molecule has 0 aliphatic heterocycles. The Morgan fingerprint density at radius 2 is 1.66 bits per heavy atom. The van der Waals surface area contributed by atoms with Gasteiger partial charge >= 0.3 is 5.97 Å². The van der Waals surface area contributed by atoms with E-state index in [0.717, 1.165) is 22.0 Å². The number of fused-ring (bicyclic) bond motifs is 1.